The van der Waals surface area contributed by atoms with Gasteiger partial charge in [-0.1, -0.05) is 84.0 Å². The van der Waals surface area contributed by atoms with E-state index >= 15 is 0 Å². The first kappa shape index (κ1) is 25.0. The zero-order valence-corrected chi connectivity index (χ0v) is 21.7. The van der Waals surface area contributed by atoms with Crippen LogP contribution in [0.5, 0.6) is 0 Å². The number of nitrogens with zero attached hydrogens (tertiary/aromatic N) is 3. The Morgan fingerprint density at radius 2 is 1.74 bits per heavy atom. The van der Waals surface area contributed by atoms with Crippen LogP contribution in [0.4, 0.5) is 0 Å². The normalized spacial score (nSPS) is 11.9. The van der Waals surface area contributed by atoms with Crippen LogP contribution >= 0.6 is 23.4 Å². The highest BCUT2D eigenvalue weighted by Gasteiger charge is 2.22. The Hall–Kier alpha value is -3.09. The summed E-state index contributed by atoms with van der Waals surface area (Å²) in [5, 5.41) is 13.5. The maximum Gasteiger partial charge on any atom is 0.220 e. The molecule has 1 aromatic heterocycles. The summed E-state index contributed by atoms with van der Waals surface area (Å²) in [7, 11) is 0. The predicted molar refractivity (Wildman–Crippen MR) is 143 cm³/mol. The summed E-state index contributed by atoms with van der Waals surface area (Å²) in [6.45, 7) is 6.09. The van der Waals surface area contributed by atoms with E-state index in [9.17, 15) is 4.79 Å². The molecule has 0 saturated heterocycles. The van der Waals surface area contributed by atoms with E-state index in [-0.39, 0.29) is 11.9 Å². The minimum absolute atomic E-state index is 0.0205. The number of aromatic nitrogens is 3. The minimum Gasteiger partial charge on any atom is -0.346 e. The van der Waals surface area contributed by atoms with Crippen LogP contribution in [0.2, 0.25) is 5.02 Å². The van der Waals surface area contributed by atoms with Gasteiger partial charge in [-0.2, -0.15) is 0 Å². The van der Waals surface area contributed by atoms with Gasteiger partial charge in [0.05, 0.1) is 11.7 Å². The summed E-state index contributed by atoms with van der Waals surface area (Å²) >= 11 is 7.99. The number of carbonyl (C=O) groups excluding carboxylic acids is 1. The fraction of sp³-hybridized carbons (Fsp3) is 0.250. The van der Waals surface area contributed by atoms with Crippen LogP contribution in [0.1, 0.15) is 47.5 Å². The quantitative estimate of drug-likeness (QED) is 0.259. The molecule has 0 bridgehead atoms. The van der Waals surface area contributed by atoms with Gasteiger partial charge in [-0.3, -0.25) is 9.36 Å². The number of thioether (sulfide) groups is 1. The van der Waals surface area contributed by atoms with E-state index in [0.29, 0.717) is 23.7 Å². The van der Waals surface area contributed by atoms with Crippen molar-refractivity contribution < 1.29 is 4.79 Å². The van der Waals surface area contributed by atoms with Crippen LogP contribution in [0.3, 0.4) is 0 Å². The number of benzene rings is 3. The lowest BCUT2D eigenvalue weighted by Gasteiger charge is -2.18. The molecule has 0 fully saturated rings. The van der Waals surface area contributed by atoms with Crippen LogP contribution in [0.15, 0.2) is 78.0 Å². The van der Waals surface area contributed by atoms with Gasteiger partial charge < -0.3 is 5.32 Å². The van der Waals surface area contributed by atoms with E-state index in [1.54, 1.807) is 11.8 Å². The van der Waals surface area contributed by atoms with Crippen molar-refractivity contribution in [3.8, 4) is 5.69 Å². The van der Waals surface area contributed by atoms with Crippen molar-refractivity contribution in [3.63, 3.8) is 0 Å². The average molecular weight is 505 g/mol. The van der Waals surface area contributed by atoms with Gasteiger partial charge in [0.25, 0.3) is 0 Å². The summed E-state index contributed by atoms with van der Waals surface area (Å²) in [5.41, 5.74) is 5.59. The summed E-state index contributed by atoms with van der Waals surface area (Å²) in [4.78, 5) is 12.7. The SMILES string of the molecule is Cc1ccccc1CSc1nnc(C(C)NC(=O)CCc2ccccc2)n1-c1cc(Cl)ccc1C. The third-order valence-corrected chi connectivity index (χ3v) is 7.15. The Morgan fingerprint density at radius 1 is 1.00 bits per heavy atom. The molecule has 180 valence electrons. The lowest BCUT2D eigenvalue weighted by Crippen LogP contribution is -2.29. The zero-order valence-electron chi connectivity index (χ0n) is 20.2. The number of hydrogen-bond acceptors (Lipinski definition) is 4. The van der Waals surface area contributed by atoms with Crippen LogP contribution in [-0.2, 0) is 17.0 Å². The molecule has 0 radical (unpaired) electrons. The maximum atomic E-state index is 12.7. The van der Waals surface area contributed by atoms with E-state index in [0.717, 1.165) is 27.7 Å². The lowest BCUT2D eigenvalue weighted by molar-refractivity contribution is -0.121. The number of hydrogen-bond donors (Lipinski definition) is 1. The van der Waals surface area contributed by atoms with Gasteiger partial charge in [-0.05, 0) is 61.6 Å². The largest absolute Gasteiger partial charge is 0.346 e. The zero-order chi connectivity index (χ0) is 24.8. The number of rotatable bonds is 9. The molecule has 0 spiro atoms. The van der Waals surface area contributed by atoms with E-state index in [2.05, 4.69) is 34.6 Å². The van der Waals surface area contributed by atoms with E-state index in [4.69, 9.17) is 11.6 Å². The Bertz CT molecular complexity index is 1310. The van der Waals surface area contributed by atoms with Gasteiger partial charge in [0.1, 0.15) is 0 Å². The Balaban J connectivity index is 1.57. The third-order valence-electron chi connectivity index (χ3n) is 5.94. The molecule has 7 heteroatoms. The summed E-state index contributed by atoms with van der Waals surface area (Å²) < 4.78 is 2.02. The van der Waals surface area contributed by atoms with Gasteiger partial charge in [0, 0.05) is 17.2 Å². The highest BCUT2D eigenvalue weighted by molar-refractivity contribution is 7.98. The van der Waals surface area contributed by atoms with Crippen molar-refractivity contribution in [1.29, 1.82) is 0 Å². The summed E-state index contributed by atoms with van der Waals surface area (Å²) in [6, 6.07) is 23.8. The average Bonchev–Trinajstić information content (AvgIpc) is 3.28. The van der Waals surface area contributed by atoms with Gasteiger partial charge in [-0.25, -0.2) is 0 Å². The van der Waals surface area contributed by atoms with Crippen molar-refractivity contribution in [2.45, 2.75) is 50.6 Å². The molecule has 4 aromatic rings. The summed E-state index contributed by atoms with van der Waals surface area (Å²) in [5.74, 6) is 1.42. The molecule has 5 nitrogen and oxygen atoms in total. The van der Waals surface area contributed by atoms with Crippen LogP contribution in [0, 0.1) is 13.8 Å². The fourth-order valence-corrected chi connectivity index (χ4v) is 5.09. The van der Waals surface area contributed by atoms with Gasteiger partial charge in [0.2, 0.25) is 5.91 Å². The van der Waals surface area contributed by atoms with Crippen LogP contribution < -0.4 is 5.32 Å². The fourth-order valence-electron chi connectivity index (χ4n) is 3.90. The van der Waals surface area contributed by atoms with E-state index < -0.39 is 0 Å². The van der Waals surface area contributed by atoms with E-state index in [1.807, 2.05) is 79.1 Å². The second-order valence-electron chi connectivity index (χ2n) is 8.60. The molecule has 1 N–H and O–H groups in total. The highest BCUT2D eigenvalue weighted by Crippen LogP contribution is 2.31. The Labute approximate surface area is 215 Å². The second-order valence-corrected chi connectivity index (χ2v) is 9.98. The minimum atomic E-state index is -0.322. The van der Waals surface area contributed by atoms with Crippen molar-refractivity contribution in [2.24, 2.45) is 0 Å². The maximum absolute atomic E-state index is 12.7. The van der Waals surface area contributed by atoms with Crippen molar-refractivity contribution in [3.05, 3.63) is 106 Å². The molecule has 3 aromatic carbocycles. The van der Waals surface area contributed by atoms with Gasteiger partial charge >= 0.3 is 0 Å². The molecule has 0 aliphatic heterocycles. The van der Waals surface area contributed by atoms with Gasteiger partial charge in [-0.15, -0.1) is 10.2 Å². The molecule has 0 aliphatic carbocycles. The first-order valence-electron chi connectivity index (χ1n) is 11.6. The molecule has 35 heavy (non-hydrogen) atoms. The first-order chi connectivity index (χ1) is 16.9. The molecule has 0 saturated carbocycles. The molecule has 1 heterocycles. The Morgan fingerprint density at radius 3 is 2.51 bits per heavy atom. The molecular formula is C28H29ClN4OS. The predicted octanol–water partition coefficient (Wildman–Crippen LogP) is 6.64. The molecule has 1 atom stereocenters. The smallest absolute Gasteiger partial charge is 0.220 e. The topological polar surface area (TPSA) is 59.8 Å². The number of amides is 1. The number of carbonyl (C=O) groups is 1. The molecule has 0 aliphatic rings. The monoisotopic (exact) mass is 504 g/mol. The van der Waals surface area contributed by atoms with Crippen molar-refractivity contribution in [2.75, 3.05) is 0 Å². The van der Waals surface area contributed by atoms with Gasteiger partial charge in [0.15, 0.2) is 11.0 Å². The third kappa shape index (κ3) is 6.32. The lowest BCUT2D eigenvalue weighted by atomic mass is 10.1. The van der Waals surface area contributed by atoms with Crippen molar-refractivity contribution >= 4 is 29.3 Å². The first-order valence-corrected chi connectivity index (χ1v) is 13.0. The molecule has 4 rings (SSSR count). The number of halogens is 1. The highest BCUT2D eigenvalue weighted by atomic mass is 35.5. The Kier molecular flexibility index (Phi) is 8.26. The van der Waals surface area contributed by atoms with Crippen LogP contribution in [0.25, 0.3) is 5.69 Å². The van der Waals surface area contributed by atoms with Crippen molar-refractivity contribution in [1.82, 2.24) is 20.1 Å². The van der Waals surface area contributed by atoms with E-state index in [1.165, 1.54) is 11.1 Å². The molecular weight excluding hydrogens is 476 g/mol. The standard InChI is InChI=1S/C28H29ClN4OS/c1-19-9-7-8-12-23(19)18-35-28-32-31-27(33(28)25-17-24(29)15-13-20(25)2)21(3)30-26(34)16-14-22-10-5-4-6-11-22/h4-13,15,17,21H,14,16,18H2,1-3H3,(H,30,34). The summed E-state index contributed by atoms with van der Waals surface area (Å²) in [6.07, 6.45) is 1.10. The second kappa shape index (κ2) is 11.6. The molecule has 1 unspecified atom stereocenters. The number of nitrogens with one attached hydrogen (secondary N) is 1. The number of aryl methyl sites for hydroxylation is 3. The molecule has 1 amide bonds. The van der Waals surface area contributed by atoms with Crippen LogP contribution in [-0.4, -0.2) is 20.7 Å².